The maximum Gasteiger partial charge on any atom is 0.204 e. The van der Waals surface area contributed by atoms with Crippen molar-refractivity contribution in [2.45, 2.75) is 26.8 Å². The molecule has 20 heavy (non-hydrogen) atoms. The van der Waals surface area contributed by atoms with Crippen molar-refractivity contribution in [3.63, 3.8) is 0 Å². The van der Waals surface area contributed by atoms with E-state index in [4.69, 9.17) is 11.6 Å². The molecule has 2 aromatic heterocycles. The van der Waals surface area contributed by atoms with Crippen LogP contribution >= 0.6 is 11.6 Å². The summed E-state index contributed by atoms with van der Waals surface area (Å²) in [5.41, 5.74) is 5.09. The fourth-order valence-corrected chi connectivity index (χ4v) is 3.02. The molecule has 0 radical (unpaired) electrons. The Labute approximate surface area is 123 Å². The minimum Gasteiger partial charge on any atom is -0.312 e. The second kappa shape index (κ2) is 4.63. The van der Waals surface area contributed by atoms with Crippen LogP contribution in [-0.4, -0.2) is 19.3 Å². The summed E-state index contributed by atoms with van der Waals surface area (Å²) in [6, 6.07) is 8.50. The Morgan fingerprint density at radius 2 is 2.00 bits per heavy atom. The van der Waals surface area contributed by atoms with E-state index in [1.54, 1.807) is 0 Å². The van der Waals surface area contributed by atoms with E-state index in [9.17, 15) is 0 Å². The van der Waals surface area contributed by atoms with Crippen molar-refractivity contribution in [3.05, 3.63) is 35.2 Å². The van der Waals surface area contributed by atoms with Gasteiger partial charge >= 0.3 is 0 Å². The second-order valence-corrected chi connectivity index (χ2v) is 5.65. The Morgan fingerprint density at radius 3 is 2.60 bits per heavy atom. The predicted octanol–water partition coefficient (Wildman–Crippen LogP) is 3.98. The van der Waals surface area contributed by atoms with Gasteiger partial charge in [0, 0.05) is 18.7 Å². The Bertz CT molecular complexity index is 783. The van der Waals surface area contributed by atoms with Crippen molar-refractivity contribution in [3.8, 4) is 11.3 Å². The van der Waals surface area contributed by atoms with Crippen LogP contribution in [0.5, 0.6) is 0 Å². The first-order valence-corrected chi connectivity index (χ1v) is 7.04. The summed E-state index contributed by atoms with van der Waals surface area (Å²) in [5, 5.41) is 4.94. The first-order chi connectivity index (χ1) is 9.49. The maximum absolute atomic E-state index is 6.30. The molecule has 104 valence electrons. The van der Waals surface area contributed by atoms with Crippen LogP contribution in [0.4, 0.5) is 0 Å². The molecule has 5 heteroatoms. The highest BCUT2D eigenvalue weighted by atomic mass is 35.5. The van der Waals surface area contributed by atoms with Gasteiger partial charge in [0.25, 0.3) is 0 Å². The molecule has 0 saturated carbocycles. The summed E-state index contributed by atoms with van der Waals surface area (Å²) in [6.45, 7) is 6.20. The van der Waals surface area contributed by atoms with Crippen LogP contribution in [0.1, 0.15) is 25.6 Å². The largest absolute Gasteiger partial charge is 0.312 e. The lowest BCUT2D eigenvalue weighted by Gasteiger charge is -2.10. The lowest BCUT2D eigenvalue weighted by Crippen LogP contribution is -2.00. The number of rotatable bonds is 2. The van der Waals surface area contributed by atoms with Crippen LogP contribution in [0, 0.1) is 6.92 Å². The first kappa shape index (κ1) is 13.2. The molecule has 1 aromatic carbocycles. The number of nitrogens with zero attached hydrogens (tertiary/aromatic N) is 4. The quantitative estimate of drug-likeness (QED) is 0.715. The minimum atomic E-state index is 0.274. The van der Waals surface area contributed by atoms with Gasteiger partial charge in [-0.3, -0.25) is 4.68 Å². The van der Waals surface area contributed by atoms with Gasteiger partial charge < -0.3 is 4.57 Å². The zero-order valence-electron chi connectivity index (χ0n) is 12.1. The van der Waals surface area contributed by atoms with E-state index in [0.717, 1.165) is 28.0 Å². The summed E-state index contributed by atoms with van der Waals surface area (Å²) in [4.78, 5) is 4.55. The molecule has 0 amide bonds. The highest BCUT2D eigenvalue weighted by Crippen LogP contribution is 2.32. The van der Waals surface area contributed by atoms with Crippen LogP contribution in [0.2, 0.25) is 5.28 Å². The highest BCUT2D eigenvalue weighted by molar-refractivity contribution is 6.29. The number of aromatic nitrogens is 4. The topological polar surface area (TPSA) is 35.6 Å². The standard InChI is InChI=1S/C15H17ClN4/c1-9(2)20-12-7-5-6-11(14(12)17-15(20)16)13-8-10(3)18-19(13)4/h5-9H,1-4H3. The normalized spacial score (nSPS) is 11.7. The molecule has 0 unspecified atom stereocenters. The van der Waals surface area contributed by atoms with E-state index >= 15 is 0 Å². The number of benzene rings is 1. The molecule has 2 heterocycles. The molecule has 0 aliphatic rings. The lowest BCUT2D eigenvalue weighted by atomic mass is 10.1. The zero-order chi connectivity index (χ0) is 14.4. The highest BCUT2D eigenvalue weighted by Gasteiger charge is 2.16. The first-order valence-electron chi connectivity index (χ1n) is 6.66. The van der Waals surface area contributed by atoms with Crippen molar-refractivity contribution in [2.75, 3.05) is 0 Å². The molecule has 0 aliphatic heterocycles. The second-order valence-electron chi connectivity index (χ2n) is 5.31. The molecule has 3 aromatic rings. The third-order valence-electron chi connectivity index (χ3n) is 3.47. The fourth-order valence-electron chi connectivity index (χ4n) is 2.65. The fraction of sp³-hybridized carbons (Fsp3) is 0.333. The molecule has 4 nitrogen and oxygen atoms in total. The zero-order valence-corrected chi connectivity index (χ0v) is 12.8. The van der Waals surface area contributed by atoms with E-state index in [0.29, 0.717) is 5.28 Å². The molecule has 0 bridgehead atoms. The van der Waals surface area contributed by atoms with Gasteiger partial charge in [-0.05, 0) is 44.5 Å². The van der Waals surface area contributed by atoms with Crippen LogP contribution in [0.3, 0.4) is 0 Å². The van der Waals surface area contributed by atoms with E-state index in [-0.39, 0.29) is 6.04 Å². The SMILES string of the molecule is Cc1cc(-c2cccc3c2nc(Cl)n3C(C)C)n(C)n1. The number of hydrogen-bond donors (Lipinski definition) is 0. The molecule has 0 atom stereocenters. The number of hydrogen-bond acceptors (Lipinski definition) is 2. The smallest absolute Gasteiger partial charge is 0.204 e. The monoisotopic (exact) mass is 288 g/mol. The predicted molar refractivity (Wildman–Crippen MR) is 82.1 cm³/mol. The Kier molecular flexibility index (Phi) is 3.05. The van der Waals surface area contributed by atoms with Crippen LogP contribution in [-0.2, 0) is 7.05 Å². The molecular formula is C15H17ClN4. The average molecular weight is 289 g/mol. The molecule has 0 fully saturated rings. The van der Waals surface area contributed by atoms with Crippen LogP contribution in [0.15, 0.2) is 24.3 Å². The third kappa shape index (κ3) is 1.91. The van der Waals surface area contributed by atoms with E-state index in [2.05, 4.69) is 42.1 Å². The van der Waals surface area contributed by atoms with E-state index < -0.39 is 0 Å². The van der Waals surface area contributed by atoms with Gasteiger partial charge in [0.05, 0.1) is 22.4 Å². The average Bonchev–Trinajstić information content (AvgIpc) is 2.87. The van der Waals surface area contributed by atoms with Gasteiger partial charge in [-0.25, -0.2) is 4.98 Å². The number of fused-ring (bicyclic) bond motifs is 1. The number of aryl methyl sites for hydroxylation is 2. The molecule has 0 spiro atoms. The lowest BCUT2D eigenvalue weighted by molar-refractivity contribution is 0.618. The summed E-state index contributed by atoms with van der Waals surface area (Å²) < 4.78 is 3.93. The van der Waals surface area contributed by atoms with Gasteiger partial charge in [0.1, 0.15) is 0 Å². The van der Waals surface area contributed by atoms with Crippen molar-refractivity contribution < 1.29 is 0 Å². The van der Waals surface area contributed by atoms with Crippen molar-refractivity contribution in [2.24, 2.45) is 7.05 Å². The number of imidazole rings is 1. The van der Waals surface area contributed by atoms with E-state index in [1.165, 1.54) is 0 Å². The summed E-state index contributed by atoms with van der Waals surface area (Å²) in [6.07, 6.45) is 0. The van der Waals surface area contributed by atoms with Gasteiger partial charge in [-0.15, -0.1) is 0 Å². The van der Waals surface area contributed by atoms with Gasteiger partial charge in [0.2, 0.25) is 5.28 Å². The molecule has 0 saturated heterocycles. The molecule has 0 aliphatic carbocycles. The van der Waals surface area contributed by atoms with Gasteiger partial charge in [0.15, 0.2) is 0 Å². The van der Waals surface area contributed by atoms with Crippen molar-refractivity contribution in [1.29, 1.82) is 0 Å². The molecule has 3 rings (SSSR count). The van der Waals surface area contributed by atoms with Crippen LogP contribution < -0.4 is 0 Å². The summed E-state index contributed by atoms with van der Waals surface area (Å²) >= 11 is 6.30. The van der Waals surface area contributed by atoms with Crippen molar-refractivity contribution in [1.82, 2.24) is 19.3 Å². The summed E-state index contributed by atoms with van der Waals surface area (Å²) in [7, 11) is 1.95. The Hall–Kier alpha value is -1.81. The van der Waals surface area contributed by atoms with Crippen molar-refractivity contribution >= 4 is 22.6 Å². The number of halogens is 1. The van der Waals surface area contributed by atoms with Crippen LogP contribution in [0.25, 0.3) is 22.3 Å². The van der Waals surface area contributed by atoms with Gasteiger partial charge in [-0.1, -0.05) is 12.1 Å². The van der Waals surface area contributed by atoms with Gasteiger partial charge in [-0.2, -0.15) is 5.10 Å². The summed E-state index contributed by atoms with van der Waals surface area (Å²) in [5.74, 6) is 0. The minimum absolute atomic E-state index is 0.274. The van der Waals surface area contributed by atoms with E-state index in [1.807, 2.05) is 29.3 Å². The Morgan fingerprint density at radius 1 is 1.25 bits per heavy atom. The third-order valence-corrected chi connectivity index (χ3v) is 3.74. The molecular weight excluding hydrogens is 272 g/mol. The number of para-hydroxylation sites is 1. The Balaban J connectivity index is 2.33. The maximum atomic E-state index is 6.30. The molecule has 0 N–H and O–H groups in total.